The first-order valence-electron chi connectivity index (χ1n) is 8.04. The van der Waals surface area contributed by atoms with Crippen LogP contribution in [0.2, 0.25) is 5.02 Å². The summed E-state index contributed by atoms with van der Waals surface area (Å²) in [5, 5.41) is 14.3. The number of benzene rings is 1. The molecule has 1 aromatic carbocycles. The summed E-state index contributed by atoms with van der Waals surface area (Å²) in [7, 11) is 0. The summed E-state index contributed by atoms with van der Waals surface area (Å²) in [6, 6.07) is 7.76. The molecule has 1 amide bonds. The third-order valence-corrected chi connectivity index (χ3v) is 7.03. The predicted octanol–water partition coefficient (Wildman–Crippen LogP) is 5.71. The molecule has 124 valence electrons. The minimum Gasteiger partial charge on any atom is -0.296 e. The topological polar surface area (TPSA) is 54.9 Å². The lowest BCUT2D eigenvalue weighted by Gasteiger charge is -2.18. The van der Waals surface area contributed by atoms with Crippen LogP contribution in [0.15, 0.2) is 24.3 Å². The fourth-order valence-electron chi connectivity index (χ4n) is 3.11. The van der Waals surface area contributed by atoms with E-state index in [1.807, 2.05) is 24.3 Å². The zero-order chi connectivity index (χ0) is 16.5. The molecule has 7 heteroatoms. The maximum absolute atomic E-state index is 12.5. The van der Waals surface area contributed by atoms with Crippen LogP contribution in [0.3, 0.4) is 0 Å². The molecule has 3 aromatic rings. The van der Waals surface area contributed by atoms with Gasteiger partial charge in [0, 0.05) is 16.0 Å². The number of hydrogen-bond donors (Lipinski definition) is 1. The molecule has 0 bridgehead atoms. The molecule has 0 spiro atoms. The van der Waals surface area contributed by atoms with Gasteiger partial charge < -0.3 is 0 Å². The highest BCUT2D eigenvalue weighted by Gasteiger charge is 2.22. The minimum atomic E-state index is -0.215. The maximum atomic E-state index is 12.5. The van der Waals surface area contributed by atoms with Crippen molar-refractivity contribution in [1.29, 1.82) is 0 Å². The Bertz CT molecular complexity index is 883. The SMILES string of the molecule is O=C(Nc1nnc(C2CCCCC2)s1)c1sc2ccccc2c1Cl. The Balaban J connectivity index is 1.53. The molecule has 1 fully saturated rings. The second-order valence-corrected chi connectivity index (χ2v) is 8.42. The van der Waals surface area contributed by atoms with E-state index in [4.69, 9.17) is 11.6 Å². The number of halogens is 1. The molecule has 1 saturated carbocycles. The van der Waals surface area contributed by atoms with Crippen LogP contribution < -0.4 is 5.32 Å². The maximum Gasteiger partial charge on any atom is 0.269 e. The summed E-state index contributed by atoms with van der Waals surface area (Å²) >= 11 is 9.24. The number of amides is 1. The van der Waals surface area contributed by atoms with E-state index in [1.165, 1.54) is 54.8 Å². The number of carbonyl (C=O) groups is 1. The third kappa shape index (κ3) is 3.06. The molecule has 0 aliphatic heterocycles. The van der Waals surface area contributed by atoms with E-state index in [1.54, 1.807) is 0 Å². The molecule has 4 rings (SSSR count). The summed E-state index contributed by atoms with van der Waals surface area (Å²) < 4.78 is 1.01. The quantitative estimate of drug-likeness (QED) is 0.636. The Kier molecular flexibility index (Phi) is 4.52. The van der Waals surface area contributed by atoms with E-state index >= 15 is 0 Å². The number of nitrogens with zero attached hydrogens (tertiary/aromatic N) is 2. The summed E-state index contributed by atoms with van der Waals surface area (Å²) in [5.41, 5.74) is 0. The number of carbonyl (C=O) groups excluding carboxylic acids is 1. The average molecular weight is 378 g/mol. The van der Waals surface area contributed by atoms with Gasteiger partial charge in [-0.15, -0.1) is 21.5 Å². The minimum absolute atomic E-state index is 0.215. The molecule has 0 radical (unpaired) electrons. The van der Waals surface area contributed by atoms with Crippen molar-refractivity contribution in [1.82, 2.24) is 10.2 Å². The van der Waals surface area contributed by atoms with E-state index in [0.717, 1.165) is 15.1 Å². The van der Waals surface area contributed by atoms with E-state index < -0.39 is 0 Å². The van der Waals surface area contributed by atoms with Crippen LogP contribution in [-0.2, 0) is 0 Å². The van der Waals surface area contributed by atoms with Crippen molar-refractivity contribution in [3.63, 3.8) is 0 Å². The summed E-state index contributed by atoms with van der Waals surface area (Å²) in [6.07, 6.45) is 6.16. The number of thiophene rings is 1. The molecule has 1 N–H and O–H groups in total. The van der Waals surface area contributed by atoms with Crippen LogP contribution >= 0.6 is 34.3 Å². The van der Waals surface area contributed by atoms with Gasteiger partial charge in [-0.05, 0) is 18.9 Å². The zero-order valence-corrected chi connectivity index (χ0v) is 15.3. The monoisotopic (exact) mass is 377 g/mol. The number of fused-ring (bicyclic) bond motifs is 1. The highest BCUT2D eigenvalue weighted by molar-refractivity contribution is 7.22. The molecular formula is C17H16ClN3OS2. The highest BCUT2D eigenvalue weighted by atomic mass is 35.5. The first-order valence-corrected chi connectivity index (χ1v) is 10.1. The molecule has 0 saturated heterocycles. The Morgan fingerprint density at radius 3 is 2.71 bits per heavy atom. The molecular weight excluding hydrogens is 362 g/mol. The highest BCUT2D eigenvalue weighted by Crippen LogP contribution is 2.37. The second-order valence-electron chi connectivity index (χ2n) is 5.98. The number of nitrogens with one attached hydrogen (secondary N) is 1. The Labute approximate surface area is 152 Å². The lowest BCUT2D eigenvalue weighted by molar-refractivity contribution is 0.103. The van der Waals surface area contributed by atoms with Crippen LogP contribution in [0.25, 0.3) is 10.1 Å². The van der Waals surface area contributed by atoms with Crippen molar-refractivity contribution >= 4 is 55.4 Å². The van der Waals surface area contributed by atoms with Gasteiger partial charge in [0.05, 0.1) is 5.02 Å². The molecule has 0 atom stereocenters. The first kappa shape index (κ1) is 16.0. The van der Waals surface area contributed by atoms with Crippen molar-refractivity contribution < 1.29 is 4.79 Å². The van der Waals surface area contributed by atoms with Crippen molar-refractivity contribution in [3.8, 4) is 0 Å². The third-order valence-electron chi connectivity index (χ3n) is 4.36. The smallest absolute Gasteiger partial charge is 0.269 e. The standard InChI is InChI=1S/C17H16ClN3OS2/c18-13-11-8-4-5-9-12(11)23-14(13)15(22)19-17-21-20-16(24-17)10-6-2-1-3-7-10/h4-5,8-10H,1-3,6-7H2,(H,19,21,22). The predicted molar refractivity (Wildman–Crippen MR) is 101 cm³/mol. The lowest BCUT2D eigenvalue weighted by atomic mass is 9.90. The molecule has 1 aliphatic rings. The molecule has 2 heterocycles. The van der Waals surface area contributed by atoms with Gasteiger partial charge in [0.25, 0.3) is 5.91 Å². The van der Waals surface area contributed by atoms with Gasteiger partial charge >= 0.3 is 0 Å². The van der Waals surface area contributed by atoms with E-state index in [0.29, 0.717) is 20.9 Å². The molecule has 24 heavy (non-hydrogen) atoms. The number of anilines is 1. The van der Waals surface area contributed by atoms with Gasteiger partial charge in [0.15, 0.2) is 0 Å². The van der Waals surface area contributed by atoms with Crippen LogP contribution in [0.4, 0.5) is 5.13 Å². The zero-order valence-electron chi connectivity index (χ0n) is 12.9. The number of aromatic nitrogens is 2. The average Bonchev–Trinajstić information content (AvgIpc) is 3.21. The summed E-state index contributed by atoms with van der Waals surface area (Å²) in [5.74, 6) is 0.280. The van der Waals surface area contributed by atoms with Crippen molar-refractivity contribution in [2.75, 3.05) is 5.32 Å². The Morgan fingerprint density at radius 2 is 1.92 bits per heavy atom. The van der Waals surface area contributed by atoms with Crippen LogP contribution in [0.1, 0.15) is 52.7 Å². The van der Waals surface area contributed by atoms with Gasteiger partial charge in [0.2, 0.25) is 5.13 Å². The van der Waals surface area contributed by atoms with Gasteiger partial charge in [-0.3, -0.25) is 10.1 Å². The second kappa shape index (κ2) is 6.78. The molecule has 2 aromatic heterocycles. The van der Waals surface area contributed by atoms with E-state index in [9.17, 15) is 4.79 Å². The lowest BCUT2D eigenvalue weighted by Crippen LogP contribution is -2.10. The van der Waals surface area contributed by atoms with Gasteiger partial charge in [-0.1, -0.05) is 60.4 Å². The van der Waals surface area contributed by atoms with Gasteiger partial charge in [-0.25, -0.2) is 0 Å². The molecule has 4 nitrogen and oxygen atoms in total. The summed E-state index contributed by atoms with van der Waals surface area (Å²) in [6.45, 7) is 0. The van der Waals surface area contributed by atoms with E-state index in [2.05, 4.69) is 15.5 Å². The van der Waals surface area contributed by atoms with Crippen molar-refractivity contribution in [2.45, 2.75) is 38.0 Å². The fourth-order valence-corrected chi connectivity index (χ4v) is 5.43. The van der Waals surface area contributed by atoms with Crippen LogP contribution in [0, 0.1) is 0 Å². The number of rotatable bonds is 3. The largest absolute Gasteiger partial charge is 0.296 e. The Hall–Kier alpha value is -1.50. The molecule has 0 unspecified atom stereocenters. The van der Waals surface area contributed by atoms with Gasteiger partial charge in [0.1, 0.15) is 9.88 Å². The van der Waals surface area contributed by atoms with Crippen molar-refractivity contribution in [3.05, 3.63) is 39.2 Å². The Morgan fingerprint density at radius 1 is 1.12 bits per heavy atom. The summed E-state index contributed by atoms with van der Waals surface area (Å²) in [4.78, 5) is 13.1. The first-order chi connectivity index (χ1) is 11.7. The van der Waals surface area contributed by atoms with Crippen LogP contribution in [-0.4, -0.2) is 16.1 Å². The van der Waals surface area contributed by atoms with Crippen LogP contribution in [0.5, 0.6) is 0 Å². The number of hydrogen-bond acceptors (Lipinski definition) is 5. The normalized spacial score (nSPS) is 15.7. The van der Waals surface area contributed by atoms with Crippen molar-refractivity contribution in [2.24, 2.45) is 0 Å². The van der Waals surface area contributed by atoms with E-state index in [-0.39, 0.29) is 5.91 Å². The fraction of sp³-hybridized carbons (Fsp3) is 0.353. The molecule has 1 aliphatic carbocycles. The van der Waals surface area contributed by atoms with Gasteiger partial charge in [-0.2, -0.15) is 0 Å².